The van der Waals surface area contributed by atoms with Crippen molar-refractivity contribution in [3.8, 4) is 11.4 Å². The lowest BCUT2D eigenvalue weighted by molar-refractivity contribution is 0.471. The molecule has 3 rings (SSSR count). The Balaban J connectivity index is 1.65. The van der Waals surface area contributed by atoms with Gasteiger partial charge in [0.2, 0.25) is 5.16 Å². The van der Waals surface area contributed by atoms with Crippen molar-refractivity contribution in [3.05, 3.63) is 42.5 Å². The van der Waals surface area contributed by atoms with Gasteiger partial charge in [0.1, 0.15) is 12.2 Å². The second-order valence-electron chi connectivity index (χ2n) is 5.37. The highest BCUT2D eigenvalue weighted by atomic mass is 32.2. The van der Waals surface area contributed by atoms with Crippen LogP contribution in [0.4, 0.5) is 0 Å². The van der Waals surface area contributed by atoms with Gasteiger partial charge in [-0.2, -0.15) is 5.10 Å². The van der Waals surface area contributed by atoms with Crippen molar-refractivity contribution in [1.29, 1.82) is 0 Å². The predicted molar refractivity (Wildman–Crippen MR) is 86.2 cm³/mol. The lowest BCUT2D eigenvalue weighted by Crippen LogP contribution is -2.09. The molecule has 0 aliphatic rings. The Morgan fingerprint density at radius 2 is 2.05 bits per heavy atom. The topological polar surface area (TPSA) is 72.3 Å². The second kappa shape index (κ2) is 6.74. The largest absolute Gasteiger partial charge is 0.258 e. The number of aromatic nitrogens is 6. The molecular weight excluding hydrogens is 296 g/mol. The van der Waals surface area contributed by atoms with Crippen LogP contribution in [0, 0.1) is 5.92 Å². The third-order valence-electron chi connectivity index (χ3n) is 3.08. The fourth-order valence-corrected chi connectivity index (χ4v) is 2.81. The molecule has 1 N–H and O–H groups in total. The Bertz CT molecular complexity index is 718. The number of rotatable bonds is 6. The average molecular weight is 314 g/mol. The average Bonchev–Trinajstić information content (AvgIpc) is 3.15. The van der Waals surface area contributed by atoms with E-state index < -0.39 is 0 Å². The Labute approximate surface area is 133 Å². The van der Waals surface area contributed by atoms with Crippen LogP contribution in [0.1, 0.15) is 19.7 Å². The van der Waals surface area contributed by atoms with E-state index >= 15 is 0 Å². The third kappa shape index (κ3) is 3.54. The summed E-state index contributed by atoms with van der Waals surface area (Å²) in [6, 6.07) is 9.97. The number of nitrogens with one attached hydrogen (secondary N) is 1. The zero-order valence-electron chi connectivity index (χ0n) is 12.6. The monoisotopic (exact) mass is 314 g/mol. The minimum absolute atomic E-state index is 0.540. The maximum absolute atomic E-state index is 4.51. The first-order valence-electron chi connectivity index (χ1n) is 7.19. The van der Waals surface area contributed by atoms with E-state index in [-0.39, 0.29) is 0 Å². The van der Waals surface area contributed by atoms with Crippen molar-refractivity contribution in [2.45, 2.75) is 31.3 Å². The first kappa shape index (κ1) is 14.8. The van der Waals surface area contributed by atoms with Crippen molar-refractivity contribution >= 4 is 11.8 Å². The number of aromatic amines is 1. The highest BCUT2D eigenvalue weighted by Gasteiger charge is 2.10. The summed E-state index contributed by atoms with van der Waals surface area (Å²) in [6.07, 6.45) is 1.60. The van der Waals surface area contributed by atoms with Crippen molar-refractivity contribution in [2.24, 2.45) is 5.92 Å². The van der Waals surface area contributed by atoms with Crippen LogP contribution in [0.3, 0.4) is 0 Å². The molecule has 0 aliphatic heterocycles. The molecule has 2 aromatic heterocycles. The van der Waals surface area contributed by atoms with E-state index in [4.69, 9.17) is 0 Å². The van der Waals surface area contributed by atoms with Gasteiger partial charge in [0.15, 0.2) is 5.82 Å². The lowest BCUT2D eigenvalue weighted by atomic mass is 10.2. The Hall–Kier alpha value is -2.15. The van der Waals surface area contributed by atoms with Crippen LogP contribution in [-0.2, 0) is 12.3 Å². The molecule has 1 aromatic carbocycles. The number of H-pyrrole nitrogens is 1. The van der Waals surface area contributed by atoms with Gasteiger partial charge in [-0.25, -0.2) is 14.6 Å². The summed E-state index contributed by atoms with van der Waals surface area (Å²) in [5.41, 5.74) is 1.03. The van der Waals surface area contributed by atoms with Crippen LogP contribution in [0.25, 0.3) is 11.4 Å². The SMILES string of the molecule is CC(C)Cn1ncnc1CSc1n[nH]c(-c2ccccc2)n1. The maximum atomic E-state index is 4.51. The molecule has 6 nitrogen and oxygen atoms in total. The van der Waals surface area contributed by atoms with E-state index in [2.05, 4.69) is 39.1 Å². The fraction of sp³-hybridized carbons (Fsp3) is 0.333. The molecule has 0 aliphatic carbocycles. The van der Waals surface area contributed by atoms with Crippen LogP contribution in [0.5, 0.6) is 0 Å². The Morgan fingerprint density at radius 1 is 1.23 bits per heavy atom. The van der Waals surface area contributed by atoms with Gasteiger partial charge < -0.3 is 0 Å². The summed E-state index contributed by atoms with van der Waals surface area (Å²) >= 11 is 1.56. The van der Waals surface area contributed by atoms with Gasteiger partial charge in [0, 0.05) is 12.1 Å². The Morgan fingerprint density at radius 3 is 2.82 bits per heavy atom. The zero-order valence-corrected chi connectivity index (χ0v) is 13.4. The van der Waals surface area contributed by atoms with Gasteiger partial charge in [-0.05, 0) is 5.92 Å². The van der Waals surface area contributed by atoms with Crippen LogP contribution in [-0.4, -0.2) is 29.9 Å². The first-order chi connectivity index (χ1) is 10.7. The molecule has 0 saturated carbocycles. The summed E-state index contributed by atoms with van der Waals surface area (Å²) in [6.45, 7) is 5.21. The van der Waals surface area contributed by atoms with Gasteiger partial charge >= 0.3 is 0 Å². The standard InChI is InChI=1S/C15H18N6S/c1-11(2)8-21-13(16-10-17-21)9-22-15-18-14(19-20-15)12-6-4-3-5-7-12/h3-7,10-11H,8-9H2,1-2H3,(H,18,19,20). The van der Waals surface area contributed by atoms with Crippen LogP contribution in [0.15, 0.2) is 41.8 Å². The highest BCUT2D eigenvalue weighted by Crippen LogP contribution is 2.21. The molecule has 0 spiro atoms. The second-order valence-corrected chi connectivity index (χ2v) is 6.32. The number of thioether (sulfide) groups is 1. The molecule has 3 aromatic rings. The van der Waals surface area contributed by atoms with Gasteiger partial charge in [-0.3, -0.25) is 5.10 Å². The van der Waals surface area contributed by atoms with E-state index in [9.17, 15) is 0 Å². The molecular formula is C15H18N6S. The quantitative estimate of drug-likeness (QED) is 0.708. The molecule has 22 heavy (non-hydrogen) atoms. The minimum Gasteiger partial charge on any atom is -0.258 e. The smallest absolute Gasteiger partial charge is 0.209 e. The molecule has 2 heterocycles. The number of hydrogen-bond donors (Lipinski definition) is 1. The van der Waals surface area contributed by atoms with E-state index in [1.54, 1.807) is 18.1 Å². The van der Waals surface area contributed by atoms with Gasteiger partial charge in [-0.15, -0.1) is 5.10 Å². The lowest BCUT2D eigenvalue weighted by Gasteiger charge is -2.07. The van der Waals surface area contributed by atoms with E-state index in [0.717, 1.165) is 28.9 Å². The molecule has 0 unspecified atom stereocenters. The summed E-state index contributed by atoms with van der Waals surface area (Å²) in [5, 5.41) is 12.2. The summed E-state index contributed by atoms with van der Waals surface area (Å²) < 4.78 is 1.95. The molecule has 7 heteroatoms. The van der Waals surface area contributed by atoms with Crippen LogP contribution < -0.4 is 0 Å². The van der Waals surface area contributed by atoms with Crippen molar-refractivity contribution in [2.75, 3.05) is 0 Å². The van der Waals surface area contributed by atoms with E-state index in [0.29, 0.717) is 11.7 Å². The van der Waals surface area contributed by atoms with E-state index in [1.807, 2.05) is 35.0 Å². The highest BCUT2D eigenvalue weighted by molar-refractivity contribution is 7.98. The predicted octanol–water partition coefficient (Wildman–Crippen LogP) is 3.01. The molecule has 0 bridgehead atoms. The number of benzene rings is 1. The number of hydrogen-bond acceptors (Lipinski definition) is 5. The Kier molecular flexibility index (Phi) is 4.53. The molecule has 0 fully saturated rings. The summed E-state index contributed by atoms with van der Waals surface area (Å²) in [7, 11) is 0. The number of nitrogens with zero attached hydrogens (tertiary/aromatic N) is 5. The first-order valence-corrected chi connectivity index (χ1v) is 8.18. The van der Waals surface area contributed by atoms with Crippen molar-refractivity contribution < 1.29 is 0 Å². The fourth-order valence-electron chi connectivity index (χ4n) is 2.06. The molecule has 0 amide bonds. The molecule has 0 saturated heterocycles. The van der Waals surface area contributed by atoms with Crippen molar-refractivity contribution in [3.63, 3.8) is 0 Å². The molecule has 114 valence electrons. The van der Waals surface area contributed by atoms with Gasteiger partial charge in [0.25, 0.3) is 0 Å². The third-order valence-corrected chi connectivity index (χ3v) is 3.92. The van der Waals surface area contributed by atoms with Crippen LogP contribution >= 0.6 is 11.8 Å². The minimum atomic E-state index is 0.540. The van der Waals surface area contributed by atoms with Crippen LogP contribution in [0.2, 0.25) is 0 Å². The zero-order chi connectivity index (χ0) is 15.4. The van der Waals surface area contributed by atoms with E-state index in [1.165, 1.54) is 0 Å². The molecule has 0 radical (unpaired) electrons. The maximum Gasteiger partial charge on any atom is 0.209 e. The van der Waals surface area contributed by atoms with Crippen molar-refractivity contribution in [1.82, 2.24) is 29.9 Å². The van der Waals surface area contributed by atoms with Gasteiger partial charge in [0.05, 0.1) is 5.75 Å². The molecule has 0 atom stereocenters. The normalized spacial score (nSPS) is 11.2. The summed E-state index contributed by atoms with van der Waals surface area (Å²) in [4.78, 5) is 8.82. The van der Waals surface area contributed by atoms with Gasteiger partial charge in [-0.1, -0.05) is 55.9 Å². The summed E-state index contributed by atoms with van der Waals surface area (Å²) in [5.74, 6) is 2.98.